The summed E-state index contributed by atoms with van der Waals surface area (Å²) in [6, 6.07) is 12.4. The highest BCUT2D eigenvalue weighted by atomic mass is 16.7. The Bertz CT molecular complexity index is 1460. The molecular formula is C27H20O8. The molecule has 176 valence electrons. The van der Waals surface area contributed by atoms with E-state index in [1.807, 2.05) is 0 Å². The summed E-state index contributed by atoms with van der Waals surface area (Å²) in [6.07, 6.45) is 0. The lowest BCUT2D eigenvalue weighted by Gasteiger charge is -2.34. The molecule has 3 aromatic carbocycles. The van der Waals surface area contributed by atoms with E-state index < -0.39 is 29.1 Å². The lowest BCUT2D eigenvalue weighted by atomic mass is 9.78. The van der Waals surface area contributed by atoms with E-state index in [9.17, 15) is 19.2 Å². The maximum absolute atomic E-state index is 14.0. The van der Waals surface area contributed by atoms with Gasteiger partial charge in [-0.1, -0.05) is 24.3 Å². The number of para-hydroxylation sites is 1. The number of esters is 1. The molecule has 1 aliphatic heterocycles. The molecular weight excluding hydrogens is 452 g/mol. The molecule has 5 rings (SSSR count). The number of ether oxygens (including phenoxy) is 4. The summed E-state index contributed by atoms with van der Waals surface area (Å²) in [5, 5.41) is 0. The quantitative estimate of drug-likeness (QED) is 0.324. The number of cyclic esters (lactones) is 1. The van der Waals surface area contributed by atoms with Crippen molar-refractivity contribution in [3.8, 4) is 17.2 Å². The Hall–Kier alpha value is -4.46. The van der Waals surface area contributed by atoms with Gasteiger partial charge in [-0.15, -0.1) is 0 Å². The summed E-state index contributed by atoms with van der Waals surface area (Å²) in [7, 11) is 2.78. The standard InChI is InChI=1S/C27H20O8/c1-27(2)34-18-12-15-20(25(30)19-14(23(15)28)9-7-11-17(19)33-4)22(21(18)26(31)35-27)24(29)13-8-5-6-10-16(13)32-3/h5-12H,1-4H3. The van der Waals surface area contributed by atoms with Gasteiger partial charge in [0.15, 0.2) is 17.3 Å². The fraction of sp³-hybridized carbons (Fsp3) is 0.185. The van der Waals surface area contributed by atoms with E-state index in [0.29, 0.717) is 0 Å². The van der Waals surface area contributed by atoms with Crippen molar-refractivity contribution in [1.82, 2.24) is 0 Å². The molecule has 0 unspecified atom stereocenters. The number of rotatable bonds is 4. The first kappa shape index (κ1) is 22.3. The van der Waals surface area contributed by atoms with Crippen LogP contribution in [-0.4, -0.2) is 43.3 Å². The first-order chi connectivity index (χ1) is 16.7. The van der Waals surface area contributed by atoms with Crippen molar-refractivity contribution in [2.75, 3.05) is 14.2 Å². The molecule has 8 nitrogen and oxygen atoms in total. The molecule has 0 saturated heterocycles. The largest absolute Gasteiger partial charge is 0.496 e. The molecule has 0 fully saturated rings. The molecule has 0 radical (unpaired) electrons. The van der Waals surface area contributed by atoms with Crippen LogP contribution in [0.4, 0.5) is 0 Å². The third-order valence-corrected chi connectivity index (χ3v) is 5.96. The molecule has 1 heterocycles. The van der Waals surface area contributed by atoms with E-state index in [2.05, 4.69) is 0 Å². The second-order valence-corrected chi connectivity index (χ2v) is 8.51. The SMILES string of the molecule is COc1ccccc1C(=O)c1c2c(cc3c1C(=O)c1c(OC)cccc1C3=O)OC(C)(C)OC2=O. The number of methoxy groups -OCH3 is 2. The molecule has 1 aliphatic carbocycles. The smallest absolute Gasteiger partial charge is 0.345 e. The normalized spacial score (nSPS) is 15.3. The van der Waals surface area contributed by atoms with Gasteiger partial charge in [-0.05, 0) is 24.3 Å². The Balaban J connectivity index is 1.88. The molecule has 0 atom stereocenters. The molecule has 2 aliphatic rings. The van der Waals surface area contributed by atoms with Crippen LogP contribution in [0.5, 0.6) is 17.2 Å². The average molecular weight is 472 g/mol. The Morgan fingerprint density at radius 1 is 0.771 bits per heavy atom. The number of hydrogen-bond donors (Lipinski definition) is 0. The van der Waals surface area contributed by atoms with Gasteiger partial charge in [-0.25, -0.2) is 4.79 Å². The number of carbonyl (C=O) groups excluding carboxylic acids is 4. The van der Waals surface area contributed by atoms with E-state index in [-0.39, 0.29) is 56.2 Å². The van der Waals surface area contributed by atoms with Crippen molar-refractivity contribution < 1.29 is 38.1 Å². The van der Waals surface area contributed by atoms with E-state index in [0.717, 1.165) is 0 Å². The summed E-state index contributed by atoms with van der Waals surface area (Å²) in [4.78, 5) is 54.5. The zero-order chi connectivity index (χ0) is 25.1. The van der Waals surface area contributed by atoms with E-state index in [4.69, 9.17) is 18.9 Å². The fourth-order valence-electron chi connectivity index (χ4n) is 4.50. The molecule has 0 saturated carbocycles. The lowest BCUT2D eigenvalue weighted by Crippen LogP contribution is -2.40. The van der Waals surface area contributed by atoms with Crippen LogP contribution in [0.1, 0.15) is 72.0 Å². The second kappa shape index (κ2) is 7.80. The van der Waals surface area contributed by atoms with E-state index in [1.54, 1.807) is 30.3 Å². The third-order valence-electron chi connectivity index (χ3n) is 5.96. The molecule has 0 aromatic heterocycles. The molecule has 3 aromatic rings. The van der Waals surface area contributed by atoms with Crippen LogP contribution in [0.2, 0.25) is 0 Å². The van der Waals surface area contributed by atoms with Gasteiger partial charge in [-0.2, -0.15) is 0 Å². The minimum absolute atomic E-state index is 0.0178. The van der Waals surface area contributed by atoms with Crippen LogP contribution in [0.25, 0.3) is 0 Å². The van der Waals surface area contributed by atoms with E-state index in [1.165, 1.54) is 46.3 Å². The predicted octanol–water partition coefficient (Wildman–Crippen LogP) is 4.00. The third kappa shape index (κ3) is 3.29. The van der Waals surface area contributed by atoms with Crippen LogP contribution in [0.3, 0.4) is 0 Å². The molecule has 0 amide bonds. The van der Waals surface area contributed by atoms with Crippen molar-refractivity contribution in [3.63, 3.8) is 0 Å². The van der Waals surface area contributed by atoms with Gasteiger partial charge >= 0.3 is 5.97 Å². The predicted molar refractivity (Wildman–Crippen MR) is 123 cm³/mol. The Morgan fingerprint density at radius 3 is 2.17 bits per heavy atom. The van der Waals surface area contributed by atoms with Crippen molar-refractivity contribution in [2.45, 2.75) is 19.6 Å². The minimum Gasteiger partial charge on any atom is -0.496 e. The number of carbonyl (C=O) groups is 4. The van der Waals surface area contributed by atoms with Gasteiger partial charge in [0.1, 0.15) is 22.8 Å². The minimum atomic E-state index is -1.34. The number of hydrogen-bond acceptors (Lipinski definition) is 8. The molecule has 0 spiro atoms. The zero-order valence-electron chi connectivity index (χ0n) is 19.4. The second-order valence-electron chi connectivity index (χ2n) is 8.51. The summed E-state index contributed by atoms with van der Waals surface area (Å²) in [6.45, 7) is 3.06. The average Bonchev–Trinajstić information content (AvgIpc) is 2.84. The van der Waals surface area contributed by atoms with Crippen LogP contribution in [0, 0.1) is 0 Å². The number of fused-ring (bicyclic) bond motifs is 3. The van der Waals surface area contributed by atoms with Crippen molar-refractivity contribution >= 4 is 23.3 Å². The lowest BCUT2D eigenvalue weighted by molar-refractivity contribution is -0.127. The van der Waals surface area contributed by atoms with Gasteiger partial charge in [-0.3, -0.25) is 14.4 Å². The Kier molecular flexibility index (Phi) is 4.98. The van der Waals surface area contributed by atoms with Gasteiger partial charge in [0.2, 0.25) is 5.79 Å². The molecule has 0 bridgehead atoms. The van der Waals surface area contributed by atoms with Crippen LogP contribution in [0.15, 0.2) is 48.5 Å². The summed E-state index contributed by atoms with van der Waals surface area (Å²) < 4.78 is 21.9. The monoisotopic (exact) mass is 472 g/mol. The first-order valence-electron chi connectivity index (χ1n) is 10.8. The van der Waals surface area contributed by atoms with Gasteiger partial charge in [0.25, 0.3) is 0 Å². The summed E-state index contributed by atoms with van der Waals surface area (Å²) in [5.41, 5.74) is -0.493. The van der Waals surface area contributed by atoms with Gasteiger partial charge in [0.05, 0.1) is 30.9 Å². The number of ketones is 3. The summed E-state index contributed by atoms with van der Waals surface area (Å²) in [5.74, 6) is -3.58. The summed E-state index contributed by atoms with van der Waals surface area (Å²) >= 11 is 0. The highest BCUT2D eigenvalue weighted by molar-refractivity contribution is 6.34. The Morgan fingerprint density at radius 2 is 1.46 bits per heavy atom. The highest BCUT2D eigenvalue weighted by Crippen LogP contribution is 2.43. The van der Waals surface area contributed by atoms with Crippen molar-refractivity contribution in [1.29, 1.82) is 0 Å². The maximum atomic E-state index is 14.0. The Labute approximate surface area is 200 Å². The van der Waals surface area contributed by atoms with Gasteiger partial charge < -0.3 is 18.9 Å². The van der Waals surface area contributed by atoms with E-state index >= 15 is 0 Å². The van der Waals surface area contributed by atoms with Crippen LogP contribution < -0.4 is 14.2 Å². The van der Waals surface area contributed by atoms with Gasteiger partial charge in [0, 0.05) is 30.5 Å². The zero-order valence-corrected chi connectivity index (χ0v) is 19.4. The highest BCUT2D eigenvalue weighted by Gasteiger charge is 2.44. The number of benzene rings is 3. The van der Waals surface area contributed by atoms with Crippen LogP contribution >= 0.6 is 0 Å². The van der Waals surface area contributed by atoms with Crippen molar-refractivity contribution in [2.24, 2.45) is 0 Å². The fourth-order valence-corrected chi connectivity index (χ4v) is 4.50. The van der Waals surface area contributed by atoms with Crippen LogP contribution in [-0.2, 0) is 4.74 Å². The molecule has 0 N–H and O–H groups in total. The van der Waals surface area contributed by atoms with Crippen molar-refractivity contribution in [3.05, 3.63) is 87.5 Å². The molecule has 8 heteroatoms. The molecule has 35 heavy (non-hydrogen) atoms. The first-order valence-corrected chi connectivity index (χ1v) is 10.8. The topological polar surface area (TPSA) is 105 Å². The maximum Gasteiger partial charge on any atom is 0.345 e.